The summed E-state index contributed by atoms with van der Waals surface area (Å²) < 4.78 is 69.9. The molecule has 1 unspecified atom stereocenters. The molecular weight excluding hydrogens is 794 g/mol. The molecule has 0 radical (unpaired) electrons. The van der Waals surface area contributed by atoms with Crippen LogP contribution in [0.2, 0.25) is 0 Å². The minimum Gasteiger partial charge on any atom is -0.497 e. The summed E-state index contributed by atoms with van der Waals surface area (Å²) in [6.45, 7) is 5.04. The van der Waals surface area contributed by atoms with Crippen molar-refractivity contribution in [1.82, 2.24) is 4.90 Å². The molecule has 1 aliphatic rings. The molecule has 11 nitrogen and oxygen atoms in total. The molecule has 0 saturated carbocycles. The summed E-state index contributed by atoms with van der Waals surface area (Å²) in [4.78, 5) is 45.7. The summed E-state index contributed by atoms with van der Waals surface area (Å²) in [7, 11) is 3.07. The van der Waals surface area contributed by atoms with Gasteiger partial charge in [-0.1, -0.05) is 42.5 Å². The Hall–Kier alpha value is -6.54. The highest BCUT2D eigenvalue weighted by molar-refractivity contribution is 5.99. The van der Waals surface area contributed by atoms with Crippen molar-refractivity contribution in [2.45, 2.75) is 63.5 Å². The quantitative estimate of drug-likeness (QED) is 0.0525. The van der Waals surface area contributed by atoms with E-state index in [4.69, 9.17) is 23.4 Å². The number of benzene rings is 4. The Kier molecular flexibility index (Phi) is 14.2. The first-order chi connectivity index (χ1) is 29.3. The van der Waals surface area contributed by atoms with Crippen molar-refractivity contribution in [1.29, 1.82) is 0 Å². The predicted molar refractivity (Wildman–Crippen MR) is 221 cm³/mol. The van der Waals surface area contributed by atoms with E-state index in [1.807, 2.05) is 0 Å². The lowest BCUT2D eigenvalue weighted by Gasteiger charge is -2.39. The van der Waals surface area contributed by atoms with Gasteiger partial charge in [0.15, 0.2) is 0 Å². The van der Waals surface area contributed by atoms with Gasteiger partial charge in [-0.15, -0.1) is 6.58 Å². The van der Waals surface area contributed by atoms with Gasteiger partial charge >= 0.3 is 12.1 Å². The molecule has 320 valence electrons. The van der Waals surface area contributed by atoms with Crippen molar-refractivity contribution < 1.29 is 56.0 Å². The van der Waals surface area contributed by atoms with Crippen molar-refractivity contribution in [2.24, 2.45) is 0 Å². The smallest absolute Gasteiger partial charge is 0.416 e. The number of amides is 2. The molecule has 0 saturated heterocycles. The zero-order valence-electron chi connectivity index (χ0n) is 34.0. The molecule has 6 rings (SSSR count). The maximum atomic E-state index is 15.0. The number of furan rings is 1. The Balaban J connectivity index is 1.51. The lowest BCUT2D eigenvalue weighted by atomic mass is 9.94. The minimum absolute atomic E-state index is 0.0688. The van der Waals surface area contributed by atoms with Gasteiger partial charge in [-0.2, -0.15) is 13.2 Å². The van der Waals surface area contributed by atoms with Crippen LogP contribution in [0.1, 0.15) is 53.8 Å². The summed E-state index contributed by atoms with van der Waals surface area (Å²) >= 11 is 0. The molecule has 2 heterocycles. The SMILES string of the molecule is C=CCC(OC(C)=O)[C@@H]1[C@@H](N(Cc2ccc(-c3cccc(C(F)(F)F)c3)o2)C(=O)Cc2ccc(OC)cc2)c2cc(OCCCO)ccc2N1C(=O)Cc1ccc(OC)cc1. The molecule has 0 aliphatic carbocycles. The molecule has 61 heavy (non-hydrogen) atoms. The largest absolute Gasteiger partial charge is 0.497 e. The Morgan fingerprint density at radius 3 is 2.15 bits per heavy atom. The van der Waals surface area contributed by atoms with Crippen molar-refractivity contribution in [3.05, 3.63) is 144 Å². The van der Waals surface area contributed by atoms with E-state index in [-0.39, 0.29) is 62.0 Å². The third-order valence-electron chi connectivity index (χ3n) is 10.3. The van der Waals surface area contributed by atoms with Crippen LogP contribution >= 0.6 is 0 Å². The fourth-order valence-corrected chi connectivity index (χ4v) is 7.48. The third kappa shape index (κ3) is 10.6. The predicted octanol–water partition coefficient (Wildman–Crippen LogP) is 8.52. The van der Waals surface area contributed by atoms with E-state index in [2.05, 4.69) is 6.58 Å². The molecular formula is C47H47F3N2O9. The second-order valence-electron chi connectivity index (χ2n) is 14.4. The number of anilines is 1. The number of alkyl halides is 3. The lowest BCUT2D eigenvalue weighted by molar-refractivity contribution is -0.149. The highest BCUT2D eigenvalue weighted by Crippen LogP contribution is 2.48. The van der Waals surface area contributed by atoms with Gasteiger partial charge in [0.25, 0.3) is 0 Å². The van der Waals surface area contributed by atoms with E-state index in [0.717, 1.165) is 12.1 Å². The molecule has 3 atom stereocenters. The second kappa shape index (κ2) is 19.7. The van der Waals surface area contributed by atoms with E-state index in [0.29, 0.717) is 46.0 Å². The number of esters is 1. The van der Waals surface area contributed by atoms with Crippen LogP contribution in [0.4, 0.5) is 18.9 Å². The van der Waals surface area contributed by atoms with Crippen LogP contribution in [-0.4, -0.2) is 67.4 Å². The number of carbonyl (C=O) groups excluding carboxylic acids is 3. The van der Waals surface area contributed by atoms with Crippen LogP contribution in [0, 0.1) is 0 Å². The average molecular weight is 841 g/mol. The Morgan fingerprint density at radius 1 is 0.885 bits per heavy atom. The first-order valence-corrected chi connectivity index (χ1v) is 19.6. The van der Waals surface area contributed by atoms with Crippen molar-refractivity contribution >= 4 is 23.5 Å². The van der Waals surface area contributed by atoms with E-state index in [1.54, 1.807) is 95.8 Å². The van der Waals surface area contributed by atoms with Gasteiger partial charge in [0.05, 0.1) is 57.9 Å². The van der Waals surface area contributed by atoms with E-state index < -0.39 is 41.8 Å². The fraction of sp³-hybridized carbons (Fsp3) is 0.298. The topological polar surface area (TPSA) is 128 Å². The molecule has 14 heteroatoms. The van der Waals surface area contributed by atoms with Gasteiger partial charge < -0.3 is 38.3 Å². The summed E-state index contributed by atoms with van der Waals surface area (Å²) in [5.74, 6) is 0.597. The fourth-order valence-electron chi connectivity index (χ4n) is 7.48. The van der Waals surface area contributed by atoms with E-state index in [9.17, 15) is 32.7 Å². The molecule has 2 amide bonds. The molecule has 1 aliphatic heterocycles. The Labute approximate surface area is 351 Å². The summed E-state index contributed by atoms with van der Waals surface area (Å²) in [6.07, 6.45) is -3.76. The number of nitrogens with zero attached hydrogens (tertiary/aromatic N) is 2. The van der Waals surface area contributed by atoms with Crippen LogP contribution in [0.3, 0.4) is 0 Å². The maximum Gasteiger partial charge on any atom is 0.416 e. The number of aliphatic hydroxyl groups is 1. The number of methoxy groups -OCH3 is 2. The van der Waals surface area contributed by atoms with Crippen LogP contribution in [-0.2, 0) is 44.7 Å². The zero-order chi connectivity index (χ0) is 43.7. The minimum atomic E-state index is -4.58. The molecule has 0 spiro atoms. The van der Waals surface area contributed by atoms with Gasteiger partial charge in [0.1, 0.15) is 34.9 Å². The summed E-state index contributed by atoms with van der Waals surface area (Å²) in [6, 6.07) is 25.0. The summed E-state index contributed by atoms with van der Waals surface area (Å²) in [5, 5.41) is 9.46. The number of halogens is 3. The van der Waals surface area contributed by atoms with Gasteiger partial charge in [-0.3, -0.25) is 14.4 Å². The first-order valence-electron chi connectivity index (χ1n) is 19.6. The van der Waals surface area contributed by atoms with E-state index >= 15 is 0 Å². The Morgan fingerprint density at radius 2 is 1.54 bits per heavy atom. The van der Waals surface area contributed by atoms with Gasteiger partial charge in [0, 0.05) is 43.2 Å². The van der Waals surface area contributed by atoms with Crippen LogP contribution in [0.5, 0.6) is 17.2 Å². The third-order valence-corrected chi connectivity index (χ3v) is 10.3. The summed E-state index contributed by atoms with van der Waals surface area (Å²) in [5.41, 5.74) is 1.60. The van der Waals surface area contributed by atoms with Crippen LogP contribution < -0.4 is 19.1 Å². The lowest BCUT2D eigenvalue weighted by Crippen LogP contribution is -2.53. The van der Waals surface area contributed by atoms with Crippen molar-refractivity contribution in [3.8, 4) is 28.6 Å². The highest BCUT2D eigenvalue weighted by atomic mass is 19.4. The van der Waals surface area contributed by atoms with Crippen LogP contribution in [0.15, 0.2) is 120 Å². The van der Waals surface area contributed by atoms with Crippen molar-refractivity contribution in [3.63, 3.8) is 0 Å². The number of hydrogen-bond donors (Lipinski definition) is 1. The number of rotatable bonds is 18. The second-order valence-corrected chi connectivity index (χ2v) is 14.4. The Bertz CT molecular complexity index is 2310. The maximum absolute atomic E-state index is 15.0. The first kappa shape index (κ1) is 44.0. The van der Waals surface area contributed by atoms with Gasteiger partial charge in [-0.25, -0.2) is 0 Å². The molecule has 1 aromatic heterocycles. The van der Waals surface area contributed by atoms with Crippen LogP contribution in [0.25, 0.3) is 11.3 Å². The molecule has 4 aromatic carbocycles. The normalized spacial score (nSPS) is 15.1. The molecule has 1 N–H and O–H groups in total. The number of fused-ring (bicyclic) bond motifs is 1. The van der Waals surface area contributed by atoms with Gasteiger partial charge in [0.2, 0.25) is 11.8 Å². The molecule has 0 bridgehead atoms. The number of aliphatic hydroxyl groups excluding tert-OH is 1. The number of ether oxygens (including phenoxy) is 4. The number of carbonyl (C=O) groups is 3. The van der Waals surface area contributed by atoms with E-state index in [1.165, 1.54) is 32.2 Å². The monoisotopic (exact) mass is 840 g/mol. The highest BCUT2D eigenvalue weighted by Gasteiger charge is 2.50. The molecule has 0 fully saturated rings. The standard InChI is InChI=1S/C47H47F3N2O9/c1-5-8-42(60-30(2)54)46-45(39-28-37(59-24-7-23-53)19-21-40(39)52(46)44(56)26-32-13-17-36(58-4)18-14-32)51(43(55)25-31-11-15-35(57-3)16-12-31)29-38-20-22-41(61-38)33-9-6-10-34(27-33)47(48,49)50/h5-6,9-22,27-28,42,45-46,53H,1,7-8,23-26,29H2,2-4H3/t42?,45-,46+/m0/s1. The van der Waals surface area contributed by atoms with Gasteiger partial charge in [-0.05, 0) is 77.9 Å². The average Bonchev–Trinajstić information content (AvgIpc) is 3.85. The van der Waals surface area contributed by atoms with Crippen molar-refractivity contribution in [2.75, 3.05) is 32.3 Å². The number of hydrogen-bond acceptors (Lipinski definition) is 9. The molecule has 5 aromatic rings. The zero-order valence-corrected chi connectivity index (χ0v) is 34.0.